The fourth-order valence-electron chi connectivity index (χ4n) is 3.50. The van der Waals surface area contributed by atoms with Gasteiger partial charge in [0.1, 0.15) is 12.4 Å². The second kappa shape index (κ2) is 10.1. The number of ether oxygens (including phenoxy) is 1. The molecule has 0 heterocycles. The highest BCUT2D eigenvalue weighted by atomic mass is 16.5. The summed E-state index contributed by atoms with van der Waals surface area (Å²) in [5, 5.41) is 2.53. The van der Waals surface area contributed by atoms with Crippen molar-refractivity contribution in [1.82, 2.24) is 4.90 Å². The highest BCUT2D eigenvalue weighted by Crippen LogP contribution is 2.18. The van der Waals surface area contributed by atoms with Crippen LogP contribution in [0.5, 0.6) is 5.75 Å². The fraction of sp³-hybridized carbons (Fsp3) is 0.360. The van der Waals surface area contributed by atoms with E-state index < -0.39 is 0 Å². The van der Waals surface area contributed by atoms with E-state index >= 15 is 0 Å². The lowest BCUT2D eigenvalue weighted by Gasteiger charge is -2.20. The molecule has 27 heavy (non-hydrogen) atoms. The predicted molar refractivity (Wildman–Crippen MR) is 115 cm³/mol. The molecule has 2 nitrogen and oxygen atoms in total. The Labute approximate surface area is 163 Å². The van der Waals surface area contributed by atoms with Gasteiger partial charge in [0, 0.05) is 6.54 Å². The Hall–Kier alpha value is -2.32. The van der Waals surface area contributed by atoms with Crippen LogP contribution in [0.25, 0.3) is 10.8 Å². The largest absolute Gasteiger partial charge is 0.489 e. The van der Waals surface area contributed by atoms with Crippen LogP contribution in [-0.2, 0) is 13.0 Å². The second-order valence-electron chi connectivity index (χ2n) is 7.21. The van der Waals surface area contributed by atoms with E-state index in [1.165, 1.54) is 47.8 Å². The Kier molecular flexibility index (Phi) is 7.29. The molecule has 0 spiro atoms. The molecule has 0 atom stereocenters. The molecule has 0 N–H and O–H groups in total. The van der Waals surface area contributed by atoms with Crippen molar-refractivity contribution in [3.05, 3.63) is 77.9 Å². The number of rotatable bonds is 10. The van der Waals surface area contributed by atoms with Crippen LogP contribution in [0, 0.1) is 0 Å². The summed E-state index contributed by atoms with van der Waals surface area (Å²) in [4.78, 5) is 2.56. The Bertz CT molecular complexity index is 819. The third-order valence-electron chi connectivity index (χ3n) is 4.94. The minimum Gasteiger partial charge on any atom is -0.489 e. The van der Waals surface area contributed by atoms with E-state index in [1.807, 2.05) is 0 Å². The van der Waals surface area contributed by atoms with Gasteiger partial charge in [-0.25, -0.2) is 0 Å². The molecule has 0 amide bonds. The molecular weight excluding hydrogens is 330 g/mol. The first kappa shape index (κ1) is 19.4. The quantitative estimate of drug-likeness (QED) is 0.434. The Morgan fingerprint density at radius 3 is 2.07 bits per heavy atom. The molecule has 3 aromatic rings. The highest BCUT2D eigenvalue weighted by molar-refractivity contribution is 5.82. The van der Waals surface area contributed by atoms with Crippen molar-refractivity contribution >= 4 is 10.8 Å². The summed E-state index contributed by atoms with van der Waals surface area (Å²) < 4.78 is 5.99. The van der Waals surface area contributed by atoms with E-state index in [0.29, 0.717) is 6.61 Å². The van der Waals surface area contributed by atoms with E-state index in [-0.39, 0.29) is 0 Å². The minimum atomic E-state index is 0.602. The zero-order valence-corrected chi connectivity index (χ0v) is 16.7. The van der Waals surface area contributed by atoms with Gasteiger partial charge in [-0.15, -0.1) is 0 Å². The molecule has 3 rings (SSSR count). The van der Waals surface area contributed by atoms with Gasteiger partial charge in [0.2, 0.25) is 0 Å². The topological polar surface area (TPSA) is 12.5 Å². The lowest BCUT2D eigenvalue weighted by molar-refractivity contribution is 0.278. The average Bonchev–Trinajstić information content (AvgIpc) is 2.71. The monoisotopic (exact) mass is 361 g/mol. The maximum absolute atomic E-state index is 5.99. The Morgan fingerprint density at radius 1 is 0.704 bits per heavy atom. The van der Waals surface area contributed by atoms with Gasteiger partial charge in [-0.3, -0.25) is 0 Å². The van der Waals surface area contributed by atoms with Crippen molar-refractivity contribution in [3.8, 4) is 5.75 Å². The van der Waals surface area contributed by atoms with Crippen LogP contribution in [0.4, 0.5) is 0 Å². The van der Waals surface area contributed by atoms with Crippen molar-refractivity contribution in [2.75, 3.05) is 19.6 Å². The molecule has 0 aliphatic carbocycles. The number of hydrogen-bond donors (Lipinski definition) is 0. The van der Waals surface area contributed by atoms with Gasteiger partial charge in [-0.1, -0.05) is 62.4 Å². The summed E-state index contributed by atoms with van der Waals surface area (Å²) in [6, 6.07) is 23.5. The number of nitrogens with zero attached hydrogens (tertiary/aromatic N) is 1. The molecule has 0 saturated carbocycles. The lowest BCUT2D eigenvalue weighted by Crippen LogP contribution is -2.27. The predicted octanol–water partition coefficient (Wildman–Crippen LogP) is 6.08. The SMILES string of the molecule is CCCN(CCC)CCc1ccc(OCc2ccc3ccccc3c2)cc1. The van der Waals surface area contributed by atoms with Crippen LogP contribution in [0.15, 0.2) is 66.7 Å². The van der Waals surface area contributed by atoms with Crippen molar-refractivity contribution < 1.29 is 4.74 Å². The van der Waals surface area contributed by atoms with Crippen LogP contribution in [0.1, 0.15) is 37.8 Å². The smallest absolute Gasteiger partial charge is 0.119 e. The van der Waals surface area contributed by atoms with E-state index in [0.717, 1.165) is 18.7 Å². The van der Waals surface area contributed by atoms with Crippen molar-refractivity contribution in [2.24, 2.45) is 0 Å². The number of benzene rings is 3. The summed E-state index contributed by atoms with van der Waals surface area (Å²) in [5.74, 6) is 0.936. The zero-order chi connectivity index (χ0) is 18.9. The van der Waals surface area contributed by atoms with Gasteiger partial charge in [0.05, 0.1) is 0 Å². The molecule has 142 valence electrons. The maximum Gasteiger partial charge on any atom is 0.119 e. The van der Waals surface area contributed by atoms with Gasteiger partial charge < -0.3 is 9.64 Å². The van der Waals surface area contributed by atoms with Crippen LogP contribution < -0.4 is 4.74 Å². The molecule has 3 aromatic carbocycles. The number of fused-ring (bicyclic) bond motifs is 1. The summed E-state index contributed by atoms with van der Waals surface area (Å²) in [5.41, 5.74) is 2.58. The lowest BCUT2D eigenvalue weighted by atomic mass is 10.1. The molecular formula is C25H31NO. The van der Waals surface area contributed by atoms with Crippen molar-refractivity contribution in [2.45, 2.75) is 39.7 Å². The Morgan fingerprint density at radius 2 is 1.37 bits per heavy atom. The van der Waals surface area contributed by atoms with E-state index in [2.05, 4.69) is 85.5 Å². The molecule has 0 saturated heterocycles. The van der Waals surface area contributed by atoms with Gasteiger partial charge in [-0.2, -0.15) is 0 Å². The molecule has 0 aliphatic heterocycles. The average molecular weight is 362 g/mol. The first-order chi connectivity index (χ1) is 13.3. The van der Waals surface area contributed by atoms with E-state index in [4.69, 9.17) is 4.74 Å². The van der Waals surface area contributed by atoms with E-state index in [9.17, 15) is 0 Å². The molecule has 0 fully saturated rings. The third-order valence-corrected chi connectivity index (χ3v) is 4.94. The molecule has 0 radical (unpaired) electrons. The van der Waals surface area contributed by atoms with Crippen molar-refractivity contribution in [3.63, 3.8) is 0 Å². The fourth-order valence-corrected chi connectivity index (χ4v) is 3.50. The summed E-state index contributed by atoms with van der Waals surface area (Å²) in [7, 11) is 0. The molecule has 0 aliphatic rings. The summed E-state index contributed by atoms with van der Waals surface area (Å²) in [6.07, 6.45) is 3.55. The third kappa shape index (κ3) is 5.83. The molecule has 0 unspecified atom stereocenters. The van der Waals surface area contributed by atoms with Crippen LogP contribution >= 0.6 is 0 Å². The van der Waals surface area contributed by atoms with Gasteiger partial charge in [0.25, 0.3) is 0 Å². The second-order valence-corrected chi connectivity index (χ2v) is 7.21. The summed E-state index contributed by atoms with van der Waals surface area (Å²) in [6.45, 7) is 8.64. The van der Waals surface area contributed by atoms with Gasteiger partial charge >= 0.3 is 0 Å². The Balaban J connectivity index is 1.52. The van der Waals surface area contributed by atoms with Gasteiger partial charge in [0.15, 0.2) is 0 Å². The summed E-state index contributed by atoms with van der Waals surface area (Å²) >= 11 is 0. The van der Waals surface area contributed by atoms with Crippen LogP contribution in [0.3, 0.4) is 0 Å². The first-order valence-corrected chi connectivity index (χ1v) is 10.2. The first-order valence-electron chi connectivity index (χ1n) is 10.2. The molecule has 0 aromatic heterocycles. The highest BCUT2D eigenvalue weighted by Gasteiger charge is 2.04. The van der Waals surface area contributed by atoms with Crippen LogP contribution in [-0.4, -0.2) is 24.5 Å². The minimum absolute atomic E-state index is 0.602. The van der Waals surface area contributed by atoms with E-state index in [1.54, 1.807) is 0 Å². The molecule has 0 bridgehead atoms. The maximum atomic E-state index is 5.99. The number of hydrogen-bond acceptors (Lipinski definition) is 2. The standard InChI is InChI=1S/C25H31NO/c1-3-16-26(17-4-2)18-15-21-10-13-25(14-11-21)27-20-22-9-12-23-7-5-6-8-24(23)19-22/h5-14,19H,3-4,15-18,20H2,1-2H3. The zero-order valence-electron chi connectivity index (χ0n) is 16.7. The van der Waals surface area contributed by atoms with Crippen molar-refractivity contribution in [1.29, 1.82) is 0 Å². The molecule has 2 heteroatoms. The normalized spacial score (nSPS) is 11.2. The van der Waals surface area contributed by atoms with Gasteiger partial charge in [-0.05, 0) is 72.5 Å². The van der Waals surface area contributed by atoms with Crippen LogP contribution in [0.2, 0.25) is 0 Å².